The summed E-state index contributed by atoms with van der Waals surface area (Å²) in [4.78, 5) is 34.3. The molecule has 0 unspecified atom stereocenters. The van der Waals surface area contributed by atoms with Crippen molar-refractivity contribution in [1.82, 2.24) is 19.4 Å². The van der Waals surface area contributed by atoms with Gasteiger partial charge in [0.2, 0.25) is 5.91 Å². The Bertz CT molecular complexity index is 1110. The number of fused-ring (bicyclic) bond motifs is 1. The van der Waals surface area contributed by atoms with Crippen LogP contribution in [-0.4, -0.2) is 51.4 Å². The highest BCUT2D eigenvalue weighted by atomic mass is 35.5. The Balaban J connectivity index is 1.41. The Kier molecular flexibility index (Phi) is 6.16. The number of carbonyl (C=O) groups is 1. The number of nitrogens with zero attached hydrogens (tertiary/aromatic N) is 4. The summed E-state index contributed by atoms with van der Waals surface area (Å²) < 4.78 is 1.42. The van der Waals surface area contributed by atoms with Gasteiger partial charge in [0.05, 0.1) is 17.2 Å². The molecule has 0 bridgehead atoms. The van der Waals surface area contributed by atoms with E-state index >= 15 is 0 Å². The summed E-state index contributed by atoms with van der Waals surface area (Å²) in [5.41, 5.74) is 2.69. The summed E-state index contributed by atoms with van der Waals surface area (Å²) in [6.07, 6.45) is 2.39. The maximum Gasteiger partial charge on any atom is 0.261 e. The van der Waals surface area contributed by atoms with E-state index in [1.54, 1.807) is 6.07 Å². The first-order valence-corrected chi connectivity index (χ1v) is 10.6. The molecule has 156 valence electrons. The van der Waals surface area contributed by atoms with E-state index < -0.39 is 0 Å². The zero-order chi connectivity index (χ0) is 21.1. The standard InChI is InChI=1S/C23H25ClN4O2/c1-17-4-2-5-20-22(17)25-16-28(23(20)30)15-21(29)27-11-3-10-26(12-13-27)14-18-6-8-19(24)9-7-18/h2,4-9,16H,3,10-15H2,1H3. The smallest absolute Gasteiger partial charge is 0.261 e. The summed E-state index contributed by atoms with van der Waals surface area (Å²) in [7, 11) is 0. The first-order chi connectivity index (χ1) is 14.5. The van der Waals surface area contributed by atoms with Gasteiger partial charge in [0, 0.05) is 37.7 Å². The molecule has 30 heavy (non-hydrogen) atoms. The summed E-state index contributed by atoms with van der Waals surface area (Å²) in [6, 6.07) is 13.4. The van der Waals surface area contributed by atoms with Crippen LogP contribution in [0.4, 0.5) is 0 Å². The van der Waals surface area contributed by atoms with Gasteiger partial charge in [-0.2, -0.15) is 0 Å². The van der Waals surface area contributed by atoms with Crippen molar-refractivity contribution in [2.45, 2.75) is 26.4 Å². The van der Waals surface area contributed by atoms with Crippen molar-refractivity contribution in [2.24, 2.45) is 0 Å². The summed E-state index contributed by atoms with van der Waals surface area (Å²) >= 11 is 5.97. The first-order valence-electron chi connectivity index (χ1n) is 10.2. The van der Waals surface area contributed by atoms with E-state index in [1.807, 2.05) is 48.2 Å². The second kappa shape index (κ2) is 8.98. The van der Waals surface area contributed by atoms with Crippen LogP contribution in [-0.2, 0) is 17.9 Å². The van der Waals surface area contributed by atoms with E-state index in [9.17, 15) is 9.59 Å². The van der Waals surface area contributed by atoms with E-state index in [1.165, 1.54) is 16.5 Å². The maximum atomic E-state index is 12.9. The van der Waals surface area contributed by atoms with Crippen molar-refractivity contribution in [3.05, 3.63) is 75.3 Å². The Hall–Kier alpha value is -2.70. The van der Waals surface area contributed by atoms with Gasteiger partial charge in [-0.3, -0.25) is 19.1 Å². The first kappa shape index (κ1) is 20.6. The second-order valence-corrected chi connectivity index (χ2v) is 8.22. The SMILES string of the molecule is Cc1cccc2c(=O)n(CC(=O)N3CCCN(Cc4ccc(Cl)cc4)CC3)cnc12. The van der Waals surface area contributed by atoms with Crippen LogP contribution < -0.4 is 5.56 Å². The van der Waals surface area contributed by atoms with Crippen molar-refractivity contribution in [1.29, 1.82) is 0 Å². The molecule has 1 amide bonds. The van der Waals surface area contributed by atoms with Gasteiger partial charge in [0.15, 0.2) is 0 Å². The molecule has 1 saturated heterocycles. The van der Waals surface area contributed by atoms with Gasteiger partial charge < -0.3 is 4.90 Å². The lowest BCUT2D eigenvalue weighted by Crippen LogP contribution is -2.39. The molecule has 6 nitrogen and oxygen atoms in total. The van der Waals surface area contributed by atoms with Crippen LogP contribution in [0.3, 0.4) is 0 Å². The molecule has 1 fully saturated rings. The Morgan fingerprint density at radius 3 is 2.67 bits per heavy atom. The Labute approximate surface area is 180 Å². The highest BCUT2D eigenvalue weighted by molar-refractivity contribution is 6.30. The van der Waals surface area contributed by atoms with E-state index in [-0.39, 0.29) is 18.0 Å². The van der Waals surface area contributed by atoms with Crippen LogP contribution in [0, 0.1) is 6.92 Å². The maximum absolute atomic E-state index is 12.9. The van der Waals surface area contributed by atoms with E-state index in [0.29, 0.717) is 24.0 Å². The molecular weight excluding hydrogens is 400 g/mol. The predicted octanol–water partition coefficient (Wildman–Crippen LogP) is 3.09. The summed E-state index contributed by atoms with van der Waals surface area (Å²) in [5.74, 6) is -0.0424. The topological polar surface area (TPSA) is 58.4 Å². The Morgan fingerprint density at radius 1 is 1.07 bits per heavy atom. The van der Waals surface area contributed by atoms with Gasteiger partial charge in [-0.15, -0.1) is 0 Å². The number of para-hydroxylation sites is 1. The molecule has 2 heterocycles. The van der Waals surface area contributed by atoms with Crippen LogP contribution in [0.1, 0.15) is 17.5 Å². The number of hydrogen-bond donors (Lipinski definition) is 0. The number of amides is 1. The van der Waals surface area contributed by atoms with Gasteiger partial charge in [-0.25, -0.2) is 4.98 Å². The molecule has 1 aliphatic heterocycles. The minimum Gasteiger partial charge on any atom is -0.340 e. The van der Waals surface area contributed by atoms with Crippen LogP contribution in [0.25, 0.3) is 10.9 Å². The number of halogens is 1. The third kappa shape index (κ3) is 4.55. The normalized spacial score (nSPS) is 15.3. The zero-order valence-corrected chi connectivity index (χ0v) is 17.8. The number of rotatable bonds is 4. The number of aromatic nitrogens is 2. The number of aryl methyl sites for hydroxylation is 1. The van der Waals surface area contributed by atoms with Gasteiger partial charge in [0.25, 0.3) is 5.56 Å². The molecule has 1 aliphatic rings. The lowest BCUT2D eigenvalue weighted by molar-refractivity contribution is -0.131. The van der Waals surface area contributed by atoms with Crippen molar-refractivity contribution in [2.75, 3.05) is 26.2 Å². The molecule has 0 aliphatic carbocycles. The van der Waals surface area contributed by atoms with E-state index in [4.69, 9.17) is 11.6 Å². The molecule has 0 saturated carbocycles. The van der Waals surface area contributed by atoms with Crippen molar-refractivity contribution >= 4 is 28.4 Å². The molecule has 4 rings (SSSR count). The van der Waals surface area contributed by atoms with Gasteiger partial charge in [-0.05, 0) is 42.7 Å². The van der Waals surface area contributed by atoms with E-state index in [0.717, 1.165) is 36.6 Å². The van der Waals surface area contributed by atoms with Crippen LogP contribution in [0.15, 0.2) is 53.6 Å². The molecule has 0 N–H and O–H groups in total. The fourth-order valence-corrected chi connectivity index (χ4v) is 4.05. The average molecular weight is 425 g/mol. The van der Waals surface area contributed by atoms with Gasteiger partial charge in [0.1, 0.15) is 6.54 Å². The fraction of sp³-hybridized carbons (Fsp3) is 0.348. The lowest BCUT2D eigenvalue weighted by atomic mass is 10.1. The Morgan fingerprint density at radius 2 is 1.87 bits per heavy atom. The zero-order valence-electron chi connectivity index (χ0n) is 17.1. The number of carbonyl (C=O) groups excluding carboxylic acids is 1. The quantitative estimate of drug-likeness (QED) is 0.645. The van der Waals surface area contributed by atoms with Crippen molar-refractivity contribution < 1.29 is 4.79 Å². The van der Waals surface area contributed by atoms with Crippen LogP contribution in [0.2, 0.25) is 5.02 Å². The lowest BCUT2D eigenvalue weighted by Gasteiger charge is -2.22. The molecule has 0 radical (unpaired) electrons. The van der Waals surface area contributed by atoms with E-state index in [2.05, 4.69) is 9.88 Å². The minimum absolute atomic E-state index is 0.0207. The van der Waals surface area contributed by atoms with Gasteiger partial charge >= 0.3 is 0 Å². The van der Waals surface area contributed by atoms with Crippen LogP contribution in [0.5, 0.6) is 0 Å². The number of benzene rings is 2. The summed E-state index contributed by atoms with van der Waals surface area (Å²) in [6.45, 7) is 5.88. The summed E-state index contributed by atoms with van der Waals surface area (Å²) in [5, 5.41) is 1.29. The molecule has 2 aromatic carbocycles. The third-order valence-corrected chi connectivity index (χ3v) is 5.87. The predicted molar refractivity (Wildman–Crippen MR) is 119 cm³/mol. The third-order valence-electron chi connectivity index (χ3n) is 5.62. The number of hydrogen-bond acceptors (Lipinski definition) is 4. The fourth-order valence-electron chi connectivity index (χ4n) is 3.92. The molecule has 3 aromatic rings. The highest BCUT2D eigenvalue weighted by Gasteiger charge is 2.20. The monoisotopic (exact) mass is 424 g/mol. The average Bonchev–Trinajstić information content (AvgIpc) is 2.98. The van der Waals surface area contributed by atoms with Crippen molar-refractivity contribution in [3.8, 4) is 0 Å². The molecule has 0 spiro atoms. The molecule has 0 atom stereocenters. The second-order valence-electron chi connectivity index (χ2n) is 7.79. The minimum atomic E-state index is -0.170. The van der Waals surface area contributed by atoms with Gasteiger partial charge in [-0.1, -0.05) is 35.9 Å². The van der Waals surface area contributed by atoms with Crippen LogP contribution >= 0.6 is 11.6 Å². The molecule has 1 aromatic heterocycles. The highest BCUT2D eigenvalue weighted by Crippen LogP contribution is 2.14. The largest absolute Gasteiger partial charge is 0.340 e. The molecule has 7 heteroatoms. The van der Waals surface area contributed by atoms with Crippen molar-refractivity contribution in [3.63, 3.8) is 0 Å². The molecular formula is C23H25ClN4O2.